The maximum atomic E-state index is 12.0. The summed E-state index contributed by atoms with van der Waals surface area (Å²) in [6, 6.07) is 11.5. The summed E-state index contributed by atoms with van der Waals surface area (Å²) >= 11 is 0. The second kappa shape index (κ2) is 6.25. The van der Waals surface area contributed by atoms with Gasteiger partial charge in [-0.05, 0) is 38.1 Å². The van der Waals surface area contributed by atoms with Crippen LogP contribution in [0.5, 0.6) is 0 Å². The van der Waals surface area contributed by atoms with Gasteiger partial charge in [-0.15, -0.1) is 5.10 Å². The van der Waals surface area contributed by atoms with Crippen LogP contribution in [-0.2, 0) is 4.79 Å². The molecule has 1 aliphatic heterocycles. The molecule has 1 aliphatic rings. The van der Waals surface area contributed by atoms with Crippen molar-refractivity contribution in [2.45, 2.75) is 33.2 Å². The standard InChI is InChI=1S/C19H19N5O2/c1-12-6-8-15(9-7-12)23-13(2)19(20-22-23)16-11-17(18-5-4-10-26-18)24(21-16)14(3)25/h4-10,17H,11H2,1-3H3. The Balaban J connectivity index is 1.69. The molecular weight excluding hydrogens is 330 g/mol. The van der Waals surface area contributed by atoms with Crippen molar-refractivity contribution in [3.05, 3.63) is 65.4 Å². The van der Waals surface area contributed by atoms with Gasteiger partial charge in [0.05, 0.1) is 23.4 Å². The zero-order valence-corrected chi connectivity index (χ0v) is 14.9. The number of carbonyl (C=O) groups is 1. The molecule has 0 radical (unpaired) electrons. The van der Waals surface area contributed by atoms with Crippen molar-refractivity contribution in [3.63, 3.8) is 0 Å². The molecule has 0 spiro atoms. The molecule has 0 N–H and O–H groups in total. The molecule has 0 saturated heterocycles. The molecule has 1 atom stereocenters. The van der Waals surface area contributed by atoms with Crippen LogP contribution in [-0.4, -0.2) is 31.6 Å². The molecule has 26 heavy (non-hydrogen) atoms. The third kappa shape index (κ3) is 2.71. The average molecular weight is 349 g/mol. The number of hydrazone groups is 1. The fourth-order valence-electron chi connectivity index (χ4n) is 3.17. The molecule has 7 heteroatoms. The Hall–Kier alpha value is -3.22. The maximum Gasteiger partial charge on any atom is 0.240 e. The molecule has 132 valence electrons. The van der Waals surface area contributed by atoms with Gasteiger partial charge >= 0.3 is 0 Å². The van der Waals surface area contributed by atoms with Gasteiger partial charge in [-0.3, -0.25) is 4.79 Å². The van der Waals surface area contributed by atoms with Gasteiger partial charge in [0.2, 0.25) is 5.91 Å². The largest absolute Gasteiger partial charge is 0.467 e. The molecule has 1 amide bonds. The van der Waals surface area contributed by atoms with Gasteiger partial charge in [0.1, 0.15) is 17.5 Å². The topological polar surface area (TPSA) is 76.5 Å². The van der Waals surface area contributed by atoms with E-state index in [1.165, 1.54) is 17.5 Å². The zero-order chi connectivity index (χ0) is 18.3. The zero-order valence-electron chi connectivity index (χ0n) is 14.9. The summed E-state index contributed by atoms with van der Waals surface area (Å²) in [5.41, 5.74) is 4.45. The van der Waals surface area contributed by atoms with Crippen molar-refractivity contribution in [2.75, 3.05) is 0 Å². The number of aromatic nitrogens is 3. The monoisotopic (exact) mass is 349 g/mol. The lowest BCUT2D eigenvalue weighted by molar-refractivity contribution is -0.130. The van der Waals surface area contributed by atoms with Gasteiger partial charge < -0.3 is 4.42 Å². The van der Waals surface area contributed by atoms with Gasteiger partial charge in [0, 0.05) is 13.3 Å². The first kappa shape index (κ1) is 16.3. The Morgan fingerprint density at radius 3 is 2.62 bits per heavy atom. The predicted molar refractivity (Wildman–Crippen MR) is 96.0 cm³/mol. The summed E-state index contributed by atoms with van der Waals surface area (Å²) < 4.78 is 7.28. The van der Waals surface area contributed by atoms with Crippen LogP contribution in [0.1, 0.15) is 42.1 Å². The highest BCUT2D eigenvalue weighted by Crippen LogP contribution is 2.33. The second-order valence-electron chi connectivity index (χ2n) is 6.42. The van der Waals surface area contributed by atoms with E-state index in [0.29, 0.717) is 17.9 Å². The Labute approximate surface area is 150 Å². The maximum absolute atomic E-state index is 12.0. The van der Waals surface area contributed by atoms with Crippen molar-refractivity contribution >= 4 is 11.6 Å². The summed E-state index contributed by atoms with van der Waals surface area (Å²) in [4.78, 5) is 12.0. The van der Waals surface area contributed by atoms with Crippen LogP contribution >= 0.6 is 0 Å². The number of rotatable bonds is 3. The third-order valence-electron chi connectivity index (χ3n) is 4.55. The van der Waals surface area contributed by atoms with E-state index in [0.717, 1.165) is 17.1 Å². The fraction of sp³-hybridized carbons (Fsp3) is 0.263. The molecule has 3 aromatic rings. The van der Waals surface area contributed by atoms with Crippen molar-refractivity contribution in [2.24, 2.45) is 5.10 Å². The predicted octanol–water partition coefficient (Wildman–Crippen LogP) is 3.17. The Morgan fingerprint density at radius 1 is 1.19 bits per heavy atom. The lowest BCUT2D eigenvalue weighted by atomic mass is 10.1. The quantitative estimate of drug-likeness (QED) is 0.728. The number of nitrogens with zero attached hydrogens (tertiary/aromatic N) is 5. The Bertz CT molecular complexity index is 970. The Morgan fingerprint density at radius 2 is 1.96 bits per heavy atom. The van der Waals surface area contributed by atoms with E-state index in [-0.39, 0.29) is 11.9 Å². The second-order valence-corrected chi connectivity index (χ2v) is 6.42. The molecule has 4 rings (SSSR count). The average Bonchev–Trinajstić information content (AvgIpc) is 3.34. The van der Waals surface area contributed by atoms with Gasteiger partial charge in [-0.1, -0.05) is 22.9 Å². The molecule has 0 saturated carbocycles. The van der Waals surface area contributed by atoms with Crippen LogP contribution in [0.25, 0.3) is 5.69 Å². The van der Waals surface area contributed by atoms with E-state index in [1.54, 1.807) is 10.9 Å². The van der Waals surface area contributed by atoms with Crippen LogP contribution < -0.4 is 0 Å². The molecule has 7 nitrogen and oxygen atoms in total. The van der Waals surface area contributed by atoms with Crippen LogP contribution in [0.2, 0.25) is 0 Å². The smallest absolute Gasteiger partial charge is 0.240 e. The van der Waals surface area contributed by atoms with Crippen molar-refractivity contribution in [1.29, 1.82) is 0 Å². The van der Waals surface area contributed by atoms with Crippen LogP contribution in [0.4, 0.5) is 0 Å². The van der Waals surface area contributed by atoms with E-state index in [1.807, 2.05) is 50.2 Å². The van der Waals surface area contributed by atoms with Gasteiger partial charge in [0.25, 0.3) is 0 Å². The lowest BCUT2D eigenvalue weighted by Gasteiger charge is -2.17. The number of carbonyl (C=O) groups excluding carboxylic acids is 1. The first-order valence-corrected chi connectivity index (χ1v) is 8.45. The molecule has 2 aromatic heterocycles. The Kier molecular flexibility index (Phi) is 3.91. The minimum Gasteiger partial charge on any atom is -0.467 e. The summed E-state index contributed by atoms with van der Waals surface area (Å²) in [6.07, 6.45) is 2.14. The summed E-state index contributed by atoms with van der Waals surface area (Å²) in [5, 5.41) is 14.6. The number of hydrogen-bond acceptors (Lipinski definition) is 5. The van der Waals surface area contributed by atoms with Gasteiger partial charge in [-0.2, -0.15) is 5.10 Å². The molecule has 0 fully saturated rings. The molecule has 3 heterocycles. The number of aryl methyl sites for hydroxylation is 1. The van der Waals surface area contributed by atoms with E-state index in [4.69, 9.17) is 4.42 Å². The van der Waals surface area contributed by atoms with Crippen molar-refractivity contribution in [3.8, 4) is 5.69 Å². The minimum atomic E-state index is -0.249. The SMILES string of the molecule is CC(=O)N1N=C(c2nnn(-c3ccc(C)cc3)c2C)CC1c1ccco1. The highest BCUT2D eigenvalue weighted by molar-refractivity contribution is 6.02. The van der Waals surface area contributed by atoms with E-state index < -0.39 is 0 Å². The lowest BCUT2D eigenvalue weighted by Crippen LogP contribution is -2.23. The van der Waals surface area contributed by atoms with E-state index in [9.17, 15) is 4.79 Å². The third-order valence-corrected chi connectivity index (χ3v) is 4.55. The summed E-state index contributed by atoms with van der Waals surface area (Å²) in [5.74, 6) is 0.576. The van der Waals surface area contributed by atoms with Crippen molar-refractivity contribution < 1.29 is 9.21 Å². The van der Waals surface area contributed by atoms with Crippen LogP contribution in [0.3, 0.4) is 0 Å². The summed E-state index contributed by atoms with van der Waals surface area (Å²) in [7, 11) is 0. The molecule has 0 aliphatic carbocycles. The minimum absolute atomic E-state index is 0.134. The first-order valence-electron chi connectivity index (χ1n) is 8.45. The first-order chi connectivity index (χ1) is 12.5. The number of hydrogen-bond donors (Lipinski definition) is 0. The molecule has 1 aromatic carbocycles. The van der Waals surface area contributed by atoms with Gasteiger partial charge in [-0.25, -0.2) is 9.69 Å². The van der Waals surface area contributed by atoms with Crippen LogP contribution in [0.15, 0.2) is 52.2 Å². The van der Waals surface area contributed by atoms with Crippen LogP contribution in [0, 0.1) is 13.8 Å². The fourth-order valence-corrected chi connectivity index (χ4v) is 3.17. The molecular formula is C19H19N5O2. The number of benzene rings is 1. The van der Waals surface area contributed by atoms with E-state index in [2.05, 4.69) is 15.4 Å². The van der Waals surface area contributed by atoms with Crippen molar-refractivity contribution in [1.82, 2.24) is 20.0 Å². The molecule has 0 bridgehead atoms. The molecule has 1 unspecified atom stereocenters. The summed E-state index contributed by atoms with van der Waals surface area (Å²) in [6.45, 7) is 5.50. The highest BCUT2D eigenvalue weighted by Gasteiger charge is 2.35. The highest BCUT2D eigenvalue weighted by atomic mass is 16.3. The van der Waals surface area contributed by atoms with E-state index >= 15 is 0 Å². The van der Waals surface area contributed by atoms with Gasteiger partial charge in [0.15, 0.2) is 0 Å². The number of furan rings is 1. The normalized spacial score (nSPS) is 16.8. The number of amides is 1.